The maximum Gasteiger partial charge on any atom is 0.238 e. The predicted octanol–water partition coefficient (Wildman–Crippen LogP) is 0.496. The van der Waals surface area contributed by atoms with Gasteiger partial charge < -0.3 is 10.0 Å². The highest BCUT2D eigenvalue weighted by molar-refractivity contribution is 7.89. The van der Waals surface area contributed by atoms with Crippen molar-refractivity contribution in [1.82, 2.24) is 9.21 Å². The average Bonchev–Trinajstić information content (AvgIpc) is 3.03. The number of halogens is 1. The third-order valence-electron chi connectivity index (χ3n) is 4.37. The molecule has 8 heteroatoms. The molecule has 0 aliphatic carbocycles. The molecule has 0 spiro atoms. The van der Waals surface area contributed by atoms with Crippen LogP contribution in [0.1, 0.15) is 24.4 Å². The van der Waals surface area contributed by atoms with Gasteiger partial charge in [-0.3, -0.25) is 4.79 Å². The van der Waals surface area contributed by atoms with E-state index in [9.17, 15) is 22.7 Å². The Hall–Kier alpha value is -1.51. The maximum atomic E-state index is 13.1. The Morgan fingerprint density at radius 3 is 2.61 bits per heavy atom. The fourth-order valence-corrected chi connectivity index (χ4v) is 4.67. The van der Waals surface area contributed by atoms with Crippen LogP contribution in [0.2, 0.25) is 0 Å². The second-order valence-electron chi connectivity index (χ2n) is 6.01. The molecule has 1 aromatic rings. The first-order chi connectivity index (χ1) is 10.9. The minimum Gasteiger partial charge on any atom is -0.391 e. The zero-order chi connectivity index (χ0) is 16.6. The van der Waals surface area contributed by atoms with Crippen LogP contribution >= 0.6 is 0 Å². The number of likely N-dealkylation sites (tertiary alicyclic amines) is 1. The molecule has 0 bridgehead atoms. The van der Waals surface area contributed by atoms with Crippen molar-refractivity contribution in [2.24, 2.45) is 0 Å². The zero-order valence-electron chi connectivity index (χ0n) is 12.6. The molecular weight excluding hydrogens is 323 g/mol. The summed E-state index contributed by atoms with van der Waals surface area (Å²) in [6.07, 6.45) is 0.230. The Kier molecular flexibility index (Phi) is 4.39. The van der Waals surface area contributed by atoms with Crippen molar-refractivity contribution < 1.29 is 22.7 Å². The molecule has 2 heterocycles. The lowest BCUT2D eigenvalue weighted by Crippen LogP contribution is -2.41. The van der Waals surface area contributed by atoms with Crippen molar-refractivity contribution in [1.29, 1.82) is 0 Å². The van der Waals surface area contributed by atoms with E-state index < -0.39 is 16.1 Å². The van der Waals surface area contributed by atoms with E-state index in [0.717, 1.165) is 5.56 Å². The second-order valence-corrected chi connectivity index (χ2v) is 8.09. The summed E-state index contributed by atoms with van der Waals surface area (Å²) < 4.78 is 37.9. The van der Waals surface area contributed by atoms with Crippen molar-refractivity contribution in [3.05, 3.63) is 35.6 Å². The largest absolute Gasteiger partial charge is 0.391 e. The Morgan fingerprint density at radius 1 is 1.30 bits per heavy atom. The van der Waals surface area contributed by atoms with Crippen LogP contribution in [0.5, 0.6) is 0 Å². The van der Waals surface area contributed by atoms with Crippen LogP contribution in [0.25, 0.3) is 0 Å². The van der Waals surface area contributed by atoms with Crippen molar-refractivity contribution in [3.63, 3.8) is 0 Å². The summed E-state index contributed by atoms with van der Waals surface area (Å²) in [7, 11) is -3.34. The summed E-state index contributed by atoms with van der Waals surface area (Å²) in [6.45, 7) is 0.313. The maximum absolute atomic E-state index is 13.1. The summed E-state index contributed by atoms with van der Waals surface area (Å²) in [6, 6.07) is 5.44. The van der Waals surface area contributed by atoms with Gasteiger partial charge >= 0.3 is 0 Å². The number of amides is 1. The van der Waals surface area contributed by atoms with Gasteiger partial charge in [-0.25, -0.2) is 12.8 Å². The second kappa shape index (κ2) is 6.18. The molecule has 0 aromatic heterocycles. The Labute approximate surface area is 134 Å². The van der Waals surface area contributed by atoms with E-state index >= 15 is 0 Å². The molecular formula is C15H19FN2O4S. The average molecular weight is 342 g/mol. The lowest BCUT2D eigenvalue weighted by Gasteiger charge is -2.26. The quantitative estimate of drug-likeness (QED) is 0.867. The molecule has 2 saturated heterocycles. The lowest BCUT2D eigenvalue weighted by molar-refractivity contribution is -0.132. The normalized spacial score (nSPS) is 27.5. The van der Waals surface area contributed by atoms with Crippen molar-refractivity contribution in [2.45, 2.75) is 25.0 Å². The van der Waals surface area contributed by atoms with Crippen molar-refractivity contribution in [3.8, 4) is 0 Å². The first-order valence-electron chi connectivity index (χ1n) is 7.57. The van der Waals surface area contributed by atoms with E-state index in [1.165, 1.54) is 21.3 Å². The van der Waals surface area contributed by atoms with E-state index in [2.05, 4.69) is 0 Å². The molecule has 6 nitrogen and oxygen atoms in total. The summed E-state index contributed by atoms with van der Waals surface area (Å²) in [5, 5.41) is 9.90. The molecule has 3 rings (SSSR count). The summed E-state index contributed by atoms with van der Waals surface area (Å²) in [5.74, 6) is -0.626. The fraction of sp³-hybridized carbons (Fsp3) is 0.533. The Bertz CT molecular complexity index is 692. The van der Waals surface area contributed by atoms with E-state index in [1.54, 1.807) is 12.1 Å². The number of benzene rings is 1. The smallest absolute Gasteiger partial charge is 0.238 e. The van der Waals surface area contributed by atoms with Crippen LogP contribution in [-0.4, -0.2) is 60.1 Å². The standard InChI is InChI=1S/C15H19FN2O4S/c16-12-4-2-11(3-5-12)14-8-13(19)9-18(14)15(20)10-17-6-1-7-23(17,21)22/h2-5,13-14,19H,1,6-10H2/t13-,14-/m1/s1. The van der Waals surface area contributed by atoms with Gasteiger partial charge in [0.25, 0.3) is 0 Å². The van der Waals surface area contributed by atoms with Gasteiger partial charge in [-0.1, -0.05) is 12.1 Å². The number of carbonyl (C=O) groups excluding carboxylic acids is 1. The molecule has 2 atom stereocenters. The van der Waals surface area contributed by atoms with E-state index in [0.29, 0.717) is 19.4 Å². The molecule has 23 heavy (non-hydrogen) atoms. The third kappa shape index (κ3) is 3.39. The number of hydrogen-bond acceptors (Lipinski definition) is 4. The van der Waals surface area contributed by atoms with Gasteiger partial charge in [0.15, 0.2) is 0 Å². The molecule has 1 aromatic carbocycles. The first kappa shape index (κ1) is 16.4. The highest BCUT2D eigenvalue weighted by atomic mass is 32.2. The lowest BCUT2D eigenvalue weighted by atomic mass is 10.0. The molecule has 1 amide bonds. The molecule has 0 radical (unpaired) electrons. The number of β-amino-alcohol motifs (C(OH)–C–C–N with tert-alkyl or cyclic N) is 1. The van der Waals surface area contributed by atoms with Gasteiger partial charge in [0.1, 0.15) is 5.82 Å². The minimum absolute atomic E-state index is 0.0737. The number of nitrogens with zero attached hydrogens (tertiary/aromatic N) is 2. The summed E-state index contributed by atoms with van der Waals surface area (Å²) in [5.41, 5.74) is 0.737. The van der Waals surface area contributed by atoms with Gasteiger partial charge in [0.05, 0.1) is 24.4 Å². The summed E-state index contributed by atoms with van der Waals surface area (Å²) in [4.78, 5) is 14.0. The number of carbonyl (C=O) groups is 1. The molecule has 2 fully saturated rings. The summed E-state index contributed by atoms with van der Waals surface area (Å²) >= 11 is 0. The first-order valence-corrected chi connectivity index (χ1v) is 9.18. The monoisotopic (exact) mass is 342 g/mol. The Morgan fingerprint density at radius 2 is 2.00 bits per heavy atom. The van der Waals surface area contributed by atoms with Gasteiger partial charge in [0, 0.05) is 13.1 Å². The number of rotatable bonds is 3. The van der Waals surface area contributed by atoms with Gasteiger partial charge in [0.2, 0.25) is 15.9 Å². The zero-order valence-corrected chi connectivity index (χ0v) is 13.4. The minimum atomic E-state index is -3.34. The van der Waals surface area contributed by atoms with Crippen molar-refractivity contribution >= 4 is 15.9 Å². The number of aliphatic hydroxyl groups excluding tert-OH is 1. The highest BCUT2D eigenvalue weighted by Gasteiger charge is 2.38. The van der Waals surface area contributed by atoms with E-state index in [1.807, 2.05) is 0 Å². The van der Waals surface area contributed by atoms with Crippen LogP contribution in [0.4, 0.5) is 4.39 Å². The SMILES string of the molecule is O=C(CN1CCCS1(=O)=O)N1C[C@H](O)C[C@@H]1c1ccc(F)cc1. The van der Waals surface area contributed by atoms with Crippen LogP contribution in [0.3, 0.4) is 0 Å². The molecule has 0 unspecified atom stereocenters. The molecule has 2 aliphatic heterocycles. The van der Waals surface area contributed by atoms with Gasteiger partial charge in [-0.15, -0.1) is 0 Å². The number of aliphatic hydroxyl groups is 1. The topological polar surface area (TPSA) is 77.9 Å². The molecule has 1 N–H and O–H groups in total. The molecule has 0 saturated carbocycles. The third-order valence-corrected chi connectivity index (χ3v) is 6.27. The predicted molar refractivity (Wildman–Crippen MR) is 81.5 cm³/mol. The van der Waals surface area contributed by atoms with Crippen LogP contribution in [0.15, 0.2) is 24.3 Å². The van der Waals surface area contributed by atoms with Crippen LogP contribution in [0, 0.1) is 5.82 Å². The highest BCUT2D eigenvalue weighted by Crippen LogP contribution is 2.32. The van der Waals surface area contributed by atoms with Gasteiger partial charge in [-0.05, 0) is 30.5 Å². The van der Waals surface area contributed by atoms with Crippen molar-refractivity contribution in [2.75, 3.05) is 25.4 Å². The molecule has 126 valence electrons. The van der Waals surface area contributed by atoms with Crippen LogP contribution < -0.4 is 0 Å². The molecule has 2 aliphatic rings. The number of hydrogen-bond donors (Lipinski definition) is 1. The fourth-order valence-electron chi connectivity index (χ4n) is 3.20. The Balaban J connectivity index is 1.76. The van der Waals surface area contributed by atoms with E-state index in [4.69, 9.17) is 0 Å². The van der Waals surface area contributed by atoms with Gasteiger partial charge in [-0.2, -0.15) is 4.31 Å². The van der Waals surface area contributed by atoms with E-state index in [-0.39, 0.29) is 36.6 Å². The number of sulfonamides is 1. The van der Waals surface area contributed by atoms with Crippen LogP contribution in [-0.2, 0) is 14.8 Å².